The number of carbonyl (C=O) groups is 5. The Bertz CT molecular complexity index is 1350. The average molecular weight is 633 g/mol. The molecule has 6 aliphatic rings. The van der Waals surface area contributed by atoms with Crippen molar-refractivity contribution in [1.82, 2.24) is 24.9 Å². The normalized spacial score (nSPS) is 26.1. The van der Waals surface area contributed by atoms with Crippen molar-refractivity contribution in [2.24, 2.45) is 17.8 Å². The SMILES string of the molecule is O=C1CCC(N2C(=O)c3ccc(N4CCC(C5CCN(C(=O)N6CCC(CN7CCCCC7)CC6)CC5)CC4)cc3C2=O)C(=O)N1. The van der Waals surface area contributed by atoms with E-state index in [1.54, 1.807) is 12.1 Å². The lowest BCUT2D eigenvalue weighted by atomic mass is 9.78. The third-order valence-electron chi connectivity index (χ3n) is 11.7. The third-order valence-corrected chi connectivity index (χ3v) is 11.7. The summed E-state index contributed by atoms with van der Waals surface area (Å²) in [4.78, 5) is 73.8. The number of anilines is 1. The zero-order valence-corrected chi connectivity index (χ0v) is 27.0. The van der Waals surface area contributed by atoms with Gasteiger partial charge in [0.15, 0.2) is 0 Å². The molecule has 11 nitrogen and oxygen atoms in total. The molecule has 1 N–H and O–H groups in total. The van der Waals surface area contributed by atoms with Gasteiger partial charge in [-0.25, -0.2) is 4.79 Å². The number of piperidine rings is 5. The number of likely N-dealkylation sites (tertiary alicyclic amines) is 3. The summed E-state index contributed by atoms with van der Waals surface area (Å²) in [5.41, 5.74) is 1.57. The number of carbonyl (C=O) groups excluding carboxylic acids is 5. The van der Waals surface area contributed by atoms with E-state index in [2.05, 4.69) is 24.9 Å². The van der Waals surface area contributed by atoms with Gasteiger partial charge in [-0.2, -0.15) is 0 Å². The van der Waals surface area contributed by atoms with Gasteiger partial charge in [-0.1, -0.05) is 6.42 Å². The summed E-state index contributed by atoms with van der Waals surface area (Å²) >= 11 is 0. The fourth-order valence-corrected chi connectivity index (χ4v) is 8.86. The maximum Gasteiger partial charge on any atom is 0.319 e. The molecule has 46 heavy (non-hydrogen) atoms. The number of fused-ring (bicyclic) bond motifs is 1. The fraction of sp³-hybridized carbons (Fsp3) is 0.686. The van der Waals surface area contributed by atoms with Crippen molar-refractivity contribution in [2.75, 3.05) is 63.8 Å². The van der Waals surface area contributed by atoms with Crippen molar-refractivity contribution < 1.29 is 24.0 Å². The number of nitrogens with one attached hydrogen (secondary N) is 1. The molecule has 7 rings (SSSR count). The topological polar surface area (TPSA) is 114 Å². The summed E-state index contributed by atoms with van der Waals surface area (Å²) in [7, 11) is 0. The Morgan fingerprint density at radius 1 is 0.696 bits per heavy atom. The van der Waals surface area contributed by atoms with Gasteiger partial charge in [-0.15, -0.1) is 0 Å². The van der Waals surface area contributed by atoms with Crippen LogP contribution in [0.15, 0.2) is 18.2 Å². The van der Waals surface area contributed by atoms with Gasteiger partial charge in [0.1, 0.15) is 6.04 Å². The zero-order valence-electron chi connectivity index (χ0n) is 27.0. The molecule has 0 aliphatic carbocycles. The van der Waals surface area contributed by atoms with E-state index in [1.165, 1.54) is 38.9 Å². The maximum absolute atomic E-state index is 13.3. The van der Waals surface area contributed by atoms with Gasteiger partial charge in [-0.05, 0) is 107 Å². The first-order chi connectivity index (χ1) is 22.4. The molecule has 5 fully saturated rings. The number of hydrogen-bond acceptors (Lipinski definition) is 7. The summed E-state index contributed by atoms with van der Waals surface area (Å²) in [5, 5.41) is 2.25. The molecule has 6 heterocycles. The van der Waals surface area contributed by atoms with E-state index in [1.807, 2.05) is 6.07 Å². The van der Waals surface area contributed by atoms with Crippen molar-refractivity contribution in [3.05, 3.63) is 29.3 Å². The quantitative estimate of drug-likeness (QED) is 0.496. The van der Waals surface area contributed by atoms with Crippen LogP contribution in [-0.2, 0) is 9.59 Å². The molecular weight excluding hydrogens is 584 g/mol. The van der Waals surface area contributed by atoms with Gasteiger partial charge in [0.05, 0.1) is 11.1 Å². The number of urea groups is 1. The van der Waals surface area contributed by atoms with Gasteiger partial charge < -0.3 is 19.6 Å². The first-order valence-corrected chi connectivity index (χ1v) is 17.7. The maximum atomic E-state index is 13.3. The number of nitrogens with zero attached hydrogens (tertiary/aromatic N) is 5. The van der Waals surface area contributed by atoms with Crippen LogP contribution in [0.1, 0.15) is 91.3 Å². The molecule has 0 spiro atoms. The number of amides is 6. The molecule has 1 aromatic rings. The van der Waals surface area contributed by atoms with Gasteiger partial charge in [0.25, 0.3) is 11.8 Å². The lowest BCUT2D eigenvalue weighted by Gasteiger charge is -2.43. The van der Waals surface area contributed by atoms with Crippen LogP contribution in [0.2, 0.25) is 0 Å². The van der Waals surface area contributed by atoms with Crippen LogP contribution in [0.5, 0.6) is 0 Å². The Balaban J connectivity index is 0.867. The number of benzene rings is 1. The molecule has 6 amide bonds. The largest absolute Gasteiger partial charge is 0.371 e. The van der Waals surface area contributed by atoms with Crippen molar-refractivity contribution >= 4 is 35.3 Å². The standard InChI is InChI=1S/C35H48N6O5/c42-31-7-6-30(32(43)36-31)41-33(44)28-5-4-27(22-29(28)34(41)45)38-18-10-25(11-19-38)26-12-20-40(21-13-26)35(46)39-16-8-24(9-17-39)23-37-14-2-1-3-15-37/h4-5,22,24-26,30H,1-3,6-21,23H2,(H,36,42,43). The Morgan fingerprint density at radius 3 is 1.96 bits per heavy atom. The highest BCUT2D eigenvalue weighted by Crippen LogP contribution is 2.36. The Labute approximate surface area is 271 Å². The molecule has 1 unspecified atom stereocenters. The molecule has 0 saturated carbocycles. The molecule has 0 radical (unpaired) electrons. The lowest BCUT2D eigenvalue weighted by molar-refractivity contribution is -0.136. The Kier molecular flexibility index (Phi) is 9.03. The molecule has 11 heteroatoms. The number of imide groups is 2. The predicted molar refractivity (Wildman–Crippen MR) is 172 cm³/mol. The summed E-state index contributed by atoms with van der Waals surface area (Å²) in [6.07, 6.45) is 10.8. The molecule has 6 aliphatic heterocycles. The molecule has 0 bridgehead atoms. The number of rotatable bonds is 5. The first-order valence-electron chi connectivity index (χ1n) is 17.7. The molecule has 5 saturated heterocycles. The smallest absolute Gasteiger partial charge is 0.319 e. The molecule has 1 atom stereocenters. The van der Waals surface area contributed by atoms with Crippen LogP contribution in [-0.4, -0.2) is 114 Å². The van der Waals surface area contributed by atoms with Gasteiger partial charge >= 0.3 is 6.03 Å². The average Bonchev–Trinajstić information content (AvgIpc) is 3.33. The highest BCUT2D eigenvalue weighted by Gasteiger charge is 2.45. The molecule has 248 valence electrons. The minimum absolute atomic E-state index is 0.108. The van der Waals surface area contributed by atoms with Crippen molar-refractivity contribution in [2.45, 2.75) is 76.7 Å². The summed E-state index contributed by atoms with van der Waals surface area (Å²) in [5.74, 6) is 0.0766. The van der Waals surface area contributed by atoms with E-state index in [9.17, 15) is 24.0 Å². The van der Waals surface area contributed by atoms with E-state index in [4.69, 9.17) is 0 Å². The highest BCUT2D eigenvalue weighted by molar-refractivity contribution is 6.23. The molecular formula is C35H48N6O5. The van der Waals surface area contributed by atoms with Crippen LogP contribution in [0.25, 0.3) is 0 Å². The van der Waals surface area contributed by atoms with Crippen LogP contribution in [0, 0.1) is 17.8 Å². The highest BCUT2D eigenvalue weighted by atomic mass is 16.2. The Hall–Kier alpha value is -3.47. The van der Waals surface area contributed by atoms with E-state index < -0.39 is 23.8 Å². The fourth-order valence-electron chi connectivity index (χ4n) is 8.86. The van der Waals surface area contributed by atoms with Crippen molar-refractivity contribution in [3.63, 3.8) is 0 Å². The van der Waals surface area contributed by atoms with Crippen LogP contribution < -0.4 is 10.2 Å². The summed E-state index contributed by atoms with van der Waals surface area (Å²) < 4.78 is 0. The summed E-state index contributed by atoms with van der Waals surface area (Å²) in [6.45, 7) is 8.96. The van der Waals surface area contributed by atoms with Gasteiger partial charge in [0.2, 0.25) is 11.8 Å². The van der Waals surface area contributed by atoms with Crippen molar-refractivity contribution in [3.8, 4) is 0 Å². The van der Waals surface area contributed by atoms with Crippen LogP contribution in [0.3, 0.4) is 0 Å². The zero-order chi connectivity index (χ0) is 31.8. The van der Waals surface area contributed by atoms with Crippen molar-refractivity contribution in [1.29, 1.82) is 0 Å². The summed E-state index contributed by atoms with van der Waals surface area (Å²) in [6, 6.07) is 4.69. The first kappa shape index (κ1) is 31.1. The third kappa shape index (κ3) is 6.27. The monoisotopic (exact) mass is 632 g/mol. The van der Waals surface area contributed by atoms with E-state index in [0.29, 0.717) is 23.0 Å². The minimum Gasteiger partial charge on any atom is -0.371 e. The second-order valence-electron chi connectivity index (χ2n) is 14.4. The predicted octanol–water partition coefficient (Wildman–Crippen LogP) is 3.33. The molecule has 1 aromatic carbocycles. The molecule has 0 aromatic heterocycles. The lowest BCUT2D eigenvalue weighted by Crippen LogP contribution is -2.54. The van der Waals surface area contributed by atoms with Crippen LogP contribution >= 0.6 is 0 Å². The Morgan fingerprint density at radius 2 is 1.30 bits per heavy atom. The van der Waals surface area contributed by atoms with E-state index in [0.717, 1.165) is 94.3 Å². The van der Waals surface area contributed by atoms with Gasteiger partial charge in [0, 0.05) is 57.9 Å². The van der Waals surface area contributed by atoms with E-state index >= 15 is 0 Å². The van der Waals surface area contributed by atoms with Crippen LogP contribution in [0.4, 0.5) is 10.5 Å². The van der Waals surface area contributed by atoms with Gasteiger partial charge in [-0.3, -0.25) is 29.4 Å². The number of hydrogen-bond donors (Lipinski definition) is 1. The minimum atomic E-state index is -0.951. The second kappa shape index (κ2) is 13.3. The van der Waals surface area contributed by atoms with E-state index in [-0.39, 0.29) is 24.8 Å². The second-order valence-corrected chi connectivity index (χ2v) is 14.4.